The molecule has 0 unspecified atom stereocenters. The highest BCUT2D eigenvalue weighted by Gasteiger charge is 1.98. The minimum atomic E-state index is 0. The Balaban J connectivity index is 0. The van der Waals surface area contributed by atoms with Crippen LogP contribution in [0.4, 0.5) is 0 Å². The van der Waals surface area contributed by atoms with E-state index in [4.69, 9.17) is 0 Å². The molecule has 0 aromatic carbocycles. The number of nitrogens with one attached hydrogen (secondary N) is 2. The fraction of sp³-hybridized carbons (Fsp3) is 0.900. The third-order valence-electron chi connectivity index (χ3n) is 1.80. The van der Waals surface area contributed by atoms with E-state index in [0.29, 0.717) is 6.42 Å². The fourth-order valence-corrected chi connectivity index (χ4v) is 1.49. The molecule has 0 aliphatic heterocycles. The first-order valence-corrected chi connectivity index (χ1v) is 6.67. The van der Waals surface area contributed by atoms with Gasteiger partial charge in [-0.15, -0.1) is 12.4 Å². The van der Waals surface area contributed by atoms with Crippen molar-refractivity contribution in [1.82, 2.24) is 10.6 Å². The van der Waals surface area contributed by atoms with Gasteiger partial charge in [-0.3, -0.25) is 4.79 Å². The van der Waals surface area contributed by atoms with Crippen molar-refractivity contribution in [2.75, 3.05) is 31.6 Å². The monoisotopic (exact) mass is 254 g/mol. The van der Waals surface area contributed by atoms with Gasteiger partial charge in [0, 0.05) is 19.5 Å². The summed E-state index contributed by atoms with van der Waals surface area (Å²) in [6.45, 7) is 4.79. The first-order valence-electron chi connectivity index (χ1n) is 5.27. The van der Waals surface area contributed by atoms with Crippen LogP contribution in [-0.4, -0.2) is 37.6 Å². The molecule has 0 saturated carbocycles. The molecule has 0 spiro atoms. The van der Waals surface area contributed by atoms with E-state index in [2.05, 4.69) is 23.8 Å². The Morgan fingerprint density at radius 3 is 2.60 bits per heavy atom. The highest BCUT2D eigenvalue weighted by Crippen LogP contribution is 1.98. The summed E-state index contributed by atoms with van der Waals surface area (Å²) in [6, 6.07) is 0. The van der Waals surface area contributed by atoms with Crippen LogP contribution in [0.2, 0.25) is 0 Å². The Hall–Kier alpha value is 0.0700. The second-order valence-electron chi connectivity index (χ2n) is 3.20. The minimum Gasteiger partial charge on any atom is -0.355 e. The molecular weight excluding hydrogens is 232 g/mol. The Kier molecular flexibility index (Phi) is 16.4. The van der Waals surface area contributed by atoms with Crippen molar-refractivity contribution in [2.45, 2.75) is 26.2 Å². The van der Waals surface area contributed by atoms with E-state index in [1.54, 1.807) is 11.8 Å². The van der Waals surface area contributed by atoms with Gasteiger partial charge in [-0.25, -0.2) is 0 Å². The Morgan fingerprint density at radius 2 is 2.00 bits per heavy atom. The third-order valence-corrected chi connectivity index (χ3v) is 2.50. The van der Waals surface area contributed by atoms with Crippen LogP contribution in [0.25, 0.3) is 0 Å². The largest absolute Gasteiger partial charge is 0.355 e. The first kappa shape index (κ1) is 17.5. The van der Waals surface area contributed by atoms with Gasteiger partial charge in [-0.05, 0) is 31.4 Å². The summed E-state index contributed by atoms with van der Waals surface area (Å²) in [6.07, 6.45) is 4.85. The number of carbonyl (C=O) groups excluding carboxylic acids is 1. The van der Waals surface area contributed by atoms with E-state index in [0.717, 1.165) is 38.2 Å². The lowest BCUT2D eigenvalue weighted by molar-refractivity contribution is -0.121. The molecule has 0 radical (unpaired) electrons. The average Bonchev–Trinajstić information content (AvgIpc) is 2.18. The number of halogens is 1. The molecule has 0 bridgehead atoms. The number of amides is 1. The predicted octanol–water partition coefficient (Wildman–Crippen LogP) is 1.67. The third kappa shape index (κ3) is 14.1. The van der Waals surface area contributed by atoms with Crippen molar-refractivity contribution in [2.24, 2.45) is 0 Å². The van der Waals surface area contributed by atoms with Crippen LogP contribution in [0.5, 0.6) is 0 Å². The lowest BCUT2D eigenvalue weighted by atomic mass is 10.3. The molecule has 1 amide bonds. The van der Waals surface area contributed by atoms with E-state index in [9.17, 15) is 4.79 Å². The van der Waals surface area contributed by atoms with Crippen LogP contribution in [0.15, 0.2) is 0 Å². The van der Waals surface area contributed by atoms with Crippen LogP contribution in [0, 0.1) is 0 Å². The molecule has 0 aliphatic rings. The zero-order valence-corrected chi connectivity index (χ0v) is 11.3. The molecule has 0 rings (SSSR count). The van der Waals surface area contributed by atoms with Crippen LogP contribution in [0.1, 0.15) is 26.2 Å². The van der Waals surface area contributed by atoms with Crippen molar-refractivity contribution >= 4 is 30.1 Å². The summed E-state index contributed by atoms with van der Waals surface area (Å²) in [7, 11) is 0. The fourth-order valence-electron chi connectivity index (χ4n) is 1.06. The molecule has 92 valence electrons. The van der Waals surface area contributed by atoms with Gasteiger partial charge in [0.1, 0.15) is 0 Å². The maximum absolute atomic E-state index is 11.2. The van der Waals surface area contributed by atoms with E-state index in [1.165, 1.54) is 0 Å². The average molecular weight is 255 g/mol. The second-order valence-corrected chi connectivity index (χ2v) is 4.18. The lowest BCUT2D eigenvalue weighted by Gasteiger charge is -2.05. The van der Waals surface area contributed by atoms with Crippen molar-refractivity contribution in [3.05, 3.63) is 0 Å². The molecule has 2 N–H and O–H groups in total. The number of carbonyl (C=O) groups is 1. The van der Waals surface area contributed by atoms with Gasteiger partial charge in [-0.1, -0.05) is 6.92 Å². The van der Waals surface area contributed by atoms with E-state index >= 15 is 0 Å². The molecule has 0 aliphatic carbocycles. The summed E-state index contributed by atoms with van der Waals surface area (Å²) in [4.78, 5) is 11.2. The summed E-state index contributed by atoms with van der Waals surface area (Å²) in [5.41, 5.74) is 0. The standard InChI is InChI=1S/C10H22N2OS.ClH/c1-3-6-11-7-8-12-10(13)5-4-9-14-2;/h11H,3-9H2,1-2H3,(H,12,13);1H. The number of rotatable bonds is 9. The van der Waals surface area contributed by atoms with Gasteiger partial charge in [0.15, 0.2) is 0 Å². The molecule has 0 aromatic rings. The highest BCUT2D eigenvalue weighted by atomic mass is 35.5. The normalized spacial score (nSPS) is 9.47. The van der Waals surface area contributed by atoms with Gasteiger partial charge in [-0.2, -0.15) is 11.8 Å². The maximum Gasteiger partial charge on any atom is 0.220 e. The second kappa shape index (κ2) is 14.1. The molecule has 0 aromatic heterocycles. The van der Waals surface area contributed by atoms with Crippen LogP contribution in [-0.2, 0) is 4.79 Å². The summed E-state index contributed by atoms with van der Waals surface area (Å²) in [5.74, 6) is 1.25. The number of hydrogen-bond donors (Lipinski definition) is 2. The number of hydrogen-bond acceptors (Lipinski definition) is 3. The quantitative estimate of drug-likeness (QED) is 0.615. The number of thioether (sulfide) groups is 1. The first-order chi connectivity index (χ1) is 6.81. The Labute approximate surface area is 104 Å². The Morgan fingerprint density at radius 1 is 1.27 bits per heavy atom. The van der Waals surface area contributed by atoms with Crippen LogP contribution in [0.3, 0.4) is 0 Å². The molecule has 0 atom stereocenters. The highest BCUT2D eigenvalue weighted by molar-refractivity contribution is 7.98. The molecule has 0 heterocycles. The van der Waals surface area contributed by atoms with Crippen molar-refractivity contribution < 1.29 is 4.79 Å². The van der Waals surface area contributed by atoms with Crippen molar-refractivity contribution in [3.8, 4) is 0 Å². The zero-order chi connectivity index (χ0) is 10.6. The van der Waals surface area contributed by atoms with Gasteiger partial charge in [0.25, 0.3) is 0 Å². The molecule has 0 saturated heterocycles. The molecule has 5 heteroatoms. The smallest absolute Gasteiger partial charge is 0.220 e. The summed E-state index contributed by atoms with van der Waals surface area (Å²) >= 11 is 1.79. The molecular formula is C10H23ClN2OS. The van der Waals surface area contributed by atoms with Gasteiger partial charge < -0.3 is 10.6 Å². The molecule has 15 heavy (non-hydrogen) atoms. The maximum atomic E-state index is 11.2. The summed E-state index contributed by atoms with van der Waals surface area (Å²) < 4.78 is 0. The van der Waals surface area contributed by atoms with E-state index < -0.39 is 0 Å². The lowest BCUT2D eigenvalue weighted by Crippen LogP contribution is -2.31. The molecule has 3 nitrogen and oxygen atoms in total. The minimum absolute atomic E-state index is 0. The van der Waals surface area contributed by atoms with Crippen LogP contribution >= 0.6 is 24.2 Å². The van der Waals surface area contributed by atoms with Gasteiger partial charge in [0.05, 0.1) is 0 Å². The zero-order valence-electron chi connectivity index (χ0n) is 9.67. The van der Waals surface area contributed by atoms with Crippen molar-refractivity contribution in [1.29, 1.82) is 0 Å². The molecule has 0 fully saturated rings. The van der Waals surface area contributed by atoms with Gasteiger partial charge in [0.2, 0.25) is 5.91 Å². The Bertz CT molecular complexity index is 147. The van der Waals surface area contributed by atoms with E-state index in [1.807, 2.05) is 0 Å². The predicted molar refractivity (Wildman–Crippen MR) is 71.0 cm³/mol. The summed E-state index contributed by atoms with van der Waals surface area (Å²) in [5, 5.41) is 6.13. The van der Waals surface area contributed by atoms with Gasteiger partial charge >= 0.3 is 0 Å². The van der Waals surface area contributed by atoms with E-state index in [-0.39, 0.29) is 18.3 Å². The van der Waals surface area contributed by atoms with Crippen LogP contribution < -0.4 is 10.6 Å². The van der Waals surface area contributed by atoms with Crippen molar-refractivity contribution in [3.63, 3.8) is 0 Å². The SMILES string of the molecule is CCCNCCNC(=O)CCCSC.Cl. The topological polar surface area (TPSA) is 41.1 Å².